The highest BCUT2D eigenvalue weighted by atomic mass is 16.5. The van der Waals surface area contributed by atoms with Crippen molar-refractivity contribution in [1.82, 2.24) is 19.1 Å². The quantitative estimate of drug-likeness (QED) is 0.568. The maximum Gasteiger partial charge on any atom is 0.145 e. The number of pyridine rings is 2. The fourth-order valence-electron chi connectivity index (χ4n) is 2.56. The third-order valence-corrected chi connectivity index (χ3v) is 3.70. The van der Waals surface area contributed by atoms with E-state index in [4.69, 9.17) is 4.74 Å². The molecule has 0 N–H and O–H groups in total. The molecule has 118 valence electrons. The van der Waals surface area contributed by atoms with E-state index in [2.05, 4.69) is 9.97 Å². The monoisotopic (exact) mass is 316 g/mol. The van der Waals surface area contributed by atoms with E-state index < -0.39 is 0 Å². The van der Waals surface area contributed by atoms with Gasteiger partial charge in [0.1, 0.15) is 23.1 Å². The van der Waals surface area contributed by atoms with Crippen LogP contribution in [0.15, 0.2) is 79.5 Å². The minimum Gasteiger partial charge on any atom is -0.454 e. The molecule has 4 aromatic heterocycles. The van der Waals surface area contributed by atoms with Gasteiger partial charge in [0, 0.05) is 30.4 Å². The smallest absolute Gasteiger partial charge is 0.145 e. The van der Waals surface area contributed by atoms with E-state index in [9.17, 15) is 0 Å². The molecule has 0 spiro atoms. The van der Waals surface area contributed by atoms with E-state index >= 15 is 0 Å². The Hall–Kier alpha value is -3.34. The van der Waals surface area contributed by atoms with Gasteiger partial charge in [-0.15, -0.1) is 0 Å². The van der Waals surface area contributed by atoms with Gasteiger partial charge < -0.3 is 13.9 Å². The SMILES string of the molecule is Cc1cc(Oc2ccn(-c3ccccn3)c2)cn1-c1ccccn1. The Kier molecular flexibility index (Phi) is 3.59. The first-order chi connectivity index (χ1) is 11.8. The van der Waals surface area contributed by atoms with Gasteiger partial charge in [0.25, 0.3) is 0 Å². The molecule has 5 nitrogen and oxygen atoms in total. The van der Waals surface area contributed by atoms with Crippen molar-refractivity contribution in [3.8, 4) is 23.1 Å². The van der Waals surface area contributed by atoms with Gasteiger partial charge in [-0.1, -0.05) is 12.1 Å². The van der Waals surface area contributed by atoms with Gasteiger partial charge in [0.15, 0.2) is 0 Å². The lowest BCUT2D eigenvalue weighted by molar-refractivity contribution is 0.482. The van der Waals surface area contributed by atoms with Gasteiger partial charge in [-0.25, -0.2) is 9.97 Å². The van der Waals surface area contributed by atoms with Gasteiger partial charge in [0.2, 0.25) is 0 Å². The zero-order chi connectivity index (χ0) is 16.4. The van der Waals surface area contributed by atoms with Crippen molar-refractivity contribution >= 4 is 0 Å². The number of ether oxygens (including phenoxy) is 1. The summed E-state index contributed by atoms with van der Waals surface area (Å²) in [5.74, 6) is 3.27. The Morgan fingerprint density at radius 1 is 0.833 bits per heavy atom. The molecule has 0 radical (unpaired) electrons. The highest BCUT2D eigenvalue weighted by molar-refractivity contribution is 5.37. The number of rotatable bonds is 4. The van der Waals surface area contributed by atoms with Gasteiger partial charge in [0.05, 0.1) is 12.4 Å². The molecule has 4 rings (SSSR count). The van der Waals surface area contributed by atoms with Crippen LogP contribution in [0.25, 0.3) is 11.6 Å². The number of nitrogens with zero attached hydrogens (tertiary/aromatic N) is 4. The molecular weight excluding hydrogens is 300 g/mol. The predicted molar refractivity (Wildman–Crippen MR) is 91.9 cm³/mol. The summed E-state index contributed by atoms with van der Waals surface area (Å²) in [5.41, 5.74) is 1.06. The highest BCUT2D eigenvalue weighted by Gasteiger charge is 2.08. The number of aromatic nitrogens is 4. The zero-order valence-electron chi connectivity index (χ0n) is 13.2. The summed E-state index contributed by atoms with van der Waals surface area (Å²) in [6.07, 6.45) is 9.33. The summed E-state index contributed by atoms with van der Waals surface area (Å²) >= 11 is 0. The second kappa shape index (κ2) is 6.04. The molecule has 24 heavy (non-hydrogen) atoms. The molecule has 0 unspecified atom stereocenters. The molecule has 4 aromatic rings. The molecule has 0 aliphatic heterocycles. The van der Waals surface area contributed by atoms with Crippen LogP contribution in [0.5, 0.6) is 11.5 Å². The zero-order valence-corrected chi connectivity index (χ0v) is 13.2. The van der Waals surface area contributed by atoms with E-state index in [-0.39, 0.29) is 0 Å². The molecule has 5 heteroatoms. The van der Waals surface area contributed by atoms with Gasteiger partial charge in [-0.2, -0.15) is 0 Å². The van der Waals surface area contributed by atoms with Crippen LogP contribution < -0.4 is 4.74 Å². The van der Waals surface area contributed by atoms with Crippen molar-refractivity contribution in [1.29, 1.82) is 0 Å². The molecule has 4 heterocycles. The lowest BCUT2D eigenvalue weighted by Crippen LogP contribution is -1.96. The summed E-state index contributed by atoms with van der Waals surface area (Å²) in [5, 5.41) is 0. The second-order valence-electron chi connectivity index (χ2n) is 5.42. The number of hydrogen-bond donors (Lipinski definition) is 0. The van der Waals surface area contributed by atoms with Crippen LogP contribution in [0.3, 0.4) is 0 Å². The summed E-state index contributed by atoms with van der Waals surface area (Å²) in [6, 6.07) is 15.6. The van der Waals surface area contributed by atoms with Crippen LogP contribution in [-0.2, 0) is 0 Å². The average molecular weight is 316 g/mol. The Balaban J connectivity index is 1.58. The van der Waals surface area contributed by atoms with Crippen molar-refractivity contribution in [2.45, 2.75) is 6.92 Å². The van der Waals surface area contributed by atoms with E-state index in [1.165, 1.54) is 0 Å². The van der Waals surface area contributed by atoms with Crippen LogP contribution in [0.2, 0.25) is 0 Å². The molecule has 0 aromatic carbocycles. The predicted octanol–water partition coefficient (Wildman–Crippen LogP) is 4.16. The maximum absolute atomic E-state index is 5.97. The van der Waals surface area contributed by atoms with Crippen molar-refractivity contribution in [3.05, 3.63) is 85.2 Å². The lowest BCUT2D eigenvalue weighted by atomic mass is 10.4. The van der Waals surface area contributed by atoms with Crippen molar-refractivity contribution in [2.75, 3.05) is 0 Å². The molecular formula is C19H16N4O. The van der Waals surface area contributed by atoms with Crippen LogP contribution >= 0.6 is 0 Å². The van der Waals surface area contributed by atoms with Crippen molar-refractivity contribution in [3.63, 3.8) is 0 Å². The maximum atomic E-state index is 5.97. The van der Waals surface area contributed by atoms with Gasteiger partial charge in [-0.05, 0) is 37.3 Å². The Labute approximate surface area is 139 Å². The minimum atomic E-state index is 0.763. The molecule has 0 aliphatic carbocycles. The number of aryl methyl sites for hydroxylation is 1. The molecule has 0 saturated carbocycles. The molecule has 0 saturated heterocycles. The van der Waals surface area contributed by atoms with Crippen molar-refractivity contribution < 1.29 is 4.74 Å². The normalized spacial score (nSPS) is 10.7. The minimum absolute atomic E-state index is 0.763. The van der Waals surface area contributed by atoms with Crippen LogP contribution in [0.1, 0.15) is 5.69 Å². The molecule has 0 aliphatic rings. The first kappa shape index (κ1) is 14.3. The molecule has 0 atom stereocenters. The van der Waals surface area contributed by atoms with Crippen LogP contribution in [-0.4, -0.2) is 19.1 Å². The van der Waals surface area contributed by atoms with Gasteiger partial charge >= 0.3 is 0 Å². The van der Waals surface area contributed by atoms with Crippen LogP contribution in [0.4, 0.5) is 0 Å². The highest BCUT2D eigenvalue weighted by Crippen LogP contribution is 2.26. The fourth-order valence-corrected chi connectivity index (χ4v) is 2.56. The molecule has 0 amide bonds. The third kappa shape index (κ3) is 2.79. The Morgan fingerprint density at radius 2 is 1.58 bits per heavy atom. The van der Waals surface area contributed by atoms with E-state index in [1.54, 1.807) is 12.4 Å². The topological polar surface area (TPSA) is 44.9 Å². The standard InChI is InChI=1S/C19H16N4O/c1-15-12-17(14-23(15)19-7-3-5-10-21-19)24-16-8-11-22(13-16)18-6-2-4-9-20-18/h2-14H,1H3. The lowest BCUT2D eigenvalue weighted by Gasteiger charge is -2.03. The number of hydrogen-bond acceptors (Lipinski definition) is 3. The second-order valence-corrected chi connectivity index (χ2v) is 5.42. The summed E-state index contributed by atoms with van der Waals surface area (Å²) < 4.78 is 9.90. The fraction of sp³-hybridized carbons (Fsp3) is 0.0526. The Bertz CT molecular complexity index is 942. The van der Waals surface area contributed by atoms with Gasteiger partial charge in [-0.3, -0.25) is 0 Å². The summed E-state index contributed by atoms with van der Waals surface area (Å²) in [6.45, 7) is 2.03. The van der Waals surface area contributed by atoms with Crippen LogP contribution in [0, 0.1) is 6.92 Å². The Morgan fingerprint density at radius 3 is 2.29 bits per heavy atom. The first-order valence-electron chi connectivity index (χ1n) is 7.67. The average Bonchev–Trinajstić information content (AvgIpc) is 3.23. The third-order valence-electron chi connectivity index (χ3n) is 3.70. The van der Waals surface area contributed by atoms with E-state index in [1.807, 2.05) is 83.2 Å². The summed E-state index contributed by atoms with van der Waals surface area (Å²) in [7, 11) is 0. The molecule has 0 fully saturated rings. The summed E-state index contributed by atoms with van der Waals surface area (Å²) in [4.78, 5) is 8.69. The largest absolute Gasteiger partial charge is 0.454 e. The first-order valence-corrected chi connectivity index (χ1v) is 7.67. The molecule has 0 bridgehead atoms. The van der Waals surface area contributed by atoms with E-state index in [0.29, 0.717) is 0 Å². The van der Waals surface area contributed by atoms with E-state index in [0.717, 1.165) is 28.8 Å². The van der Waals surface area contributed by atoms with Crippen molar-refractivity contribution in [2.24, 2.45) is 0 Å².